The van der Waals surface area contributed by atoms with Crippen molar-refractivity contribution in [1.82, 2.24) is 0 Å². The van der Waals surface area contributed by atoms with Crippen molar-refractivity contribution in [2.24, 2.45) is 0 Å². The molecule has 0 fully saturated rings. The molecule has 1 amide bonds. The molecule has 1 heterocycles. The van der Waals surface area contributed by atoms with Crippen LogP contribution in [-0.2, 0) is 0 Å². The number of hydrogen-bond donors (Lipinski definition) is 1. The fourth-order valence-corrected chi connectivity index (χ4v) is 3.13. The smallest absolute Gasteiger partial charge is 0.279 e. The highest BCUT2D eigenvalue weighted by Crippen LogP contribution is 2.35. The average Bonchev–Trinajstić information content (AvgIpc) is 2.61. The van der Waals surface area contributed by atoms with Crippen molar-refractivity contribution in [2.75, 3.05) is 5.32 Å². The number of ether oxygens (including phenoxy) is 1. The van der Waals surface area contributed by atoms with Crippen LogP contribution in [0.15, 0.2) is 30.3 Å². The number of fused-ring (bicyclic) bond motifs is 1. The van der Waals surface area contributed by atoms with Crippen molar-refractivity contribution in [3.8, 4) is 5.75 Å². The van der Waals surface area contributed by atoms with Crippen molar-refractivity contribution in [3.63, 3.8) is 0 Å². The van der Waals surface area contributed by atoms with Crippen LogP contribution < -0.4 is 10.1 Å². The molecule has 0 unspecified atom stereocenters. The molecule has 1 aliphatic rings. The first-order valence-electron chi connectivity index (χ1n) is 8.59. The molecule has 0 saturated heterocycles. The lowest BCUT2D eigenvalue weighted by atomic mass is 9.93. The van der Waals surface area contributed by atoms with Gasteiger partial charge in [0, 0.05) is 17.8 Å². The molecular weight excluding hydrogens is 382 g/mol. The van der Waals surface area contributed by atoms with Gasteiger partial charge in [-0.3, -0.25) is 29.8 Å². The maximum absolute atomic E-state index is 12.6. The molecule has 2 aromatic rings. The predicted molar refractivity (Wildman–Crippen MR) is 103 cm³/mol. The summed E-state index contributed by atoms with van der Waals surface area (Å²) < 4.78 is 5.75. The number of nitrogens with zero attached hydrogens (tertiary/aromatic N) is 2. The maximum atomic E-state index is 12.6. The van der Waals surface area contributed by atoms with Gasteiger partial charge in [0.2, 0.25) is 0 Å². The van der Waals surface area contributed by atoms with Crippen molar-refractivity contribution >= 4 is 28.8 Å². The zero-order valence-corrected chi connectivity index (χ0v) is 15.8. The van der Waals surface area contributed by atoms with Crippen LogP contribution in [0.4, 0.5) is 17.1 Å². The lowest BCUT2D eigenvalue weighted by molar-refractivity contribution is -0.395. The number of carbonyl (C=O) groups excluding carboxylic acids is 2. The van der Waals surface area contributed by atoms with E-state index in [1.165, 1.54) is 19.1 Å². The highest BCUT2D eigenvalue weighted by molar-refractivity contribution is 6.07. The second kappa shape index (κ2) is 6.97. The molecule has 1 aliphatic heterocycles. The highest BCUT2D eigenvalue weighted by Gasteiger charge is 2.32. The minimum absolute atomic E-state index is 0.143. The summed E-state index contributed by atoms with van der Waals surface area (Å²) >= 11 is 0. The van der Waals surface area contributed by atoms with E-state index >= 15 is 0 Å². The van der Waals surface area contributed by atoms with Gasteiger partial charge in [-0.15, -0.1) is 0 Å². The minimum Gasteiger partial charge on any atom is -0.487 e. The third-order valence-corrected chi connectivity index (χ3v) is 4.52. The van der Waals surface area contributed by atoms with Crippen LogP contribution >= 0.6 is 0 Å². The Hall–Kier alpha value is -3.82. The second-order valence-electron chi connectivity index (χ2n) is 7.28. The van der Waals surface area contributed by atoms with Crippen LogP contribution in [0.2, 0.25) is 0 Å². The lowest BCUT2D eigenvalue weighted by Crippen LogP contribution is -2.35. The number of rotatable bonds is 4. The van der Waals surface area contributed by atoms with Gasteiger partial charge in [-0.2, -0.15) is 0 Å². The van der Waals surface area contributed by atoms with Crippen LogP contribution in [0.3, 0.4) is 0 Å². The summed E-state index contributed by atoms with van der Waals surface area (Å²) in [7, 11) is 0. The van der Waals surface area contributed by atoms with Gasteiger partial charge < -0.3 is 10.1 Å². The number of anilines is 1. The summed E-state index contributed by atoms with van der Waals surface area (Å²) in [5, 5.41) is 24.9. The summed E-state index contributed by atoms with van der Waals surface area (Å²) in [6.45, 7) is 4.83. The van der Waals surface area contributed by atoms with Crippen molar-refractivity contribution in [3.05, 3.63) is 67.3 Å². The molecule has 0 radical (unpaired) electrons. The number of Topliss-reactive ketones (excluding diaryl/α,β-unsaturated/α-hetero) is 1. The summed E-state index contributed by atoms with van der Waals surface area (Å²) in [5.41, 5.74) is -1.50. The third-order valence-electron chi connectivity index (χ3n) is 4.52. The normalized spacial score (nSPS) is 14.5. The number of nitrogens with one attached hydrogen (secondary N) is 1. The van der Waals surface area contributed by atoms with Crippen LogP contribution in [0, 0.1) is 27.2 Å². The predicted octanol–water partition coefficient (Wildman–Crippen LogP) is 3.81. The van der Waals surface area contributed by atoms with Gasteiger partial charge in [-0.1, -0.05) is 0 Å². The molecule has 2 aromatic carbocycles. The Labute approximate surface area is 164 Å². The van der Waals surface area contributed by atoms with Crippen LogP contribution in [0.25, 0.3) is 0 Å². The molecule has 0 saturated carbocycles. The average molecular weight is 399 g/mol. The van der Waals surface area contributed by atoms with Crippen molar-refractivity contribution in [1.29, 1.82) is 0 Å². The second-order valence-corrected chi connectivity index (χ2v) is 7.28. The Morgan fingerprint density at radius 3 is 2.24 bits per heavy atom. The first-order valence-corrected chi connectivity index (χ1v) is 8.59. The van der Waals surface area contributed by atoms with E-state index in [1.54, 1.807) is 19.9 Å². The zero-order valence-electron chi connectivity index (χ0n) is 15.8. The molecule has 0 spiro atoms. The van der Waals surface area contributed by atoms with E-state index in [0.717, 1.165) is 12.1 Å². The van der Waals surface area contributed by atoms with E-state index in [4.69, 9.17) is 4.74 Å². The number of benzene rings is 2. The van der Waals surface area contributed by atoms with E-state index in [9.17, 15) is 29.8 Å². The Kier molecular flexibility index (Phi) is 4.79. The summed E-state index contributed by atoms with van der Waals surface area (Å²) in [4.78, 5) is 45.7. The summed E-state index contributed by atoms with van der Waals surface area (Å²) in [6, 6.07) is 6.47. The standard InChI is InChI=1S/C19H17N3O7/c1-10-14(21(25)26)6-11(7-15(10)22(27)28)18(24)20-12-4-5-17-13(8-12)16(23)9-19(2,3)29-17/h4-8H,9H2,1-3H3,(H,20,24). The number of amides is 1. The van der Waals surface area contributed by atoms with E-state index in [0.29, 0.717) is 11.3 Å². The first-order chi connectivity index (χ1) is 13.5. The number of nitro benzene ring substituents is 2. The Bertz CT molecular complexity index is 1040. The quantitative estimate of drug-likeness (QED) is 0.608. The van der Waals surface area contributed by atoms with Gasteiger partial charge in [0.1, 0.15) is 16.9 Å². The molecule has 0 aromatic heterocycles. The van der Waals surface area contributed by atoms with Gasteiger partial charge >= 0.3 is 0 Å². The van der Waals surface area contributed by atoms with Crippen LogP contribution in [0.5, 0.6) is 5.75 Å². The van der Waals surface area contributed by atoms with Gasteiger partial charge in [0.25, 0.3) is 17.3 Å². The molecule has 0 bridgehead atoms. The van der Waals surface area contributed by atoms with Gasteiger partial charge in [0.15, 0.2) is 5.78 Å². The SMILES string of the molecule is Cc1c([N+](=O)[O-])cc(C(=O)Nc2ccc3c(c2)C(=O)CC(C)(C)O3)cc1[N+](=O)[O-]. The van der Waals surface area contributed by atoms with Crippen molar-refractivity contribution < 1.29 is 24.2 Å². The molecule has 29 heavy (non-hydrogen) atoms. The number of hydrogen-bond acceptors (Lipinski definition) is 7. The maximum Gasteiger partial charge on any atom is 0.279 e. The van der Waals surface area contributed by atoms with E-state index in [-0.39, 0.29) is 29.0 Å². The highest BCUT2D eigenvalue weighted by atomic mass is 16.6. The molecule has 10 heteroatoms. The molecule has 1 N–H and O–H groups in total. The number of ketones is 1. The van der Waals surface area contributed by atoms with E-state index in [2.05, 4.69) is 5.32 Å². The molecule has 10 nitrogen and oxygen atoms in total. The minimum atomic E-state index is -0.782. The Balaban J connectivity index is 1.94. The van der Waals surface area contributed by atoms with Gasteiger partial charge in [-0.25, -0.2) is 0 Å². The zero-order chi connectivity index (χ0) is 21.5. The largest absolute Gasteiger partial charge is 0.487 e. The molecule has 0 aliphatic carbocycles. The summed E-state index contributed by atoms with van der Waals surface area (Å²) in [6.07, 6.45) is 0.174. The van der Waals surface area contributed by atoms with E-state index < -0.39 is 32.7 Å². The van der Waals surface area contributed by atoms with Gasteiger partial charge in [0.05, 0.1) is 27.4 Å². The van der Waals surface area contributed by atoms with Crippen molar-refractivity contribution in [2.45, 2.75) is 32.8 Å². The fourth-order valence-electron chi connectivity index (χ4n) is 3.13. The number of carbonyl (C=O) groups is 2. The van der Waals surface area contributed by atoms with Gasteiger partial charge in [-0.05, 0) is 39.0 Å². The Morgan fingerprint density at radius 2 is 1.69 bits per heavy atom. The van der Waals surface area contributed by atoms with Crippen LogP contribution in [0.1, 0.15) is 46.5 Å². The monoisotopic (exact) mass is 399 g/mol. The molecule has 150 valence electrons. The topological polar surface area (TPSA) is 142 Å². The van der Waals surface area contributed by atoms with E-state index in [1.807, 2.05) is 0 Å². The summed E-state index contributed by atoms with van der Waals surface area (Å²) in [5.74, 6) is -0.527. The lowest BCUT2D eigenvalue weighted by Gasteiger charge is -2.31. The van der Waals surface area contributed by atoms with Crippen LogP contribution in [-0.4, -0.2) is 27.1 Å². The molecule has 3 rings (SSSR count). The molecular formula is C19H17N3O7. The third kappa shape index (κ3) is 3.91. The number of nitro groups is 2. The fraction of sp³-hybridized carbons (Fsp3) is 0.263. The Morgan fingerprint density at radius 1 is 1.10 bits per heavy atom. The molecule has 0 atom stereocenters. The first kappa shape index (κ1) is 19.9.